The number of carboxylic acids is 1. The first-order valence-electron chi connectivity index (χ1n) is 21.7. The zero-order valence-corrected chi connectivity index (χ0v) is 33.5. The Labute approximate surface area is 318 Å². The van der Waals surface area contributed by atoms with Crippen LogP contribution in [0.5, 0.6) is 0 Å². The predicted octanol–water partition coefficient (Wildman–Crippen LogP) is 9.73. The second-order valence-corrected chi connectivity index (χ2v) is 19.2. The van der Waals surface area contributed by atoms with E-state index in [4.69, 9.17) is 9.47 Å². The lowest BCUT2D eigenvalue weighted by Crippen LogP contribution is -2.71. The molecule has 0 aromatic heterocycles. The molecule has 53 heavy (non-hydrogen) atoms. The van der Waals surface area contributed by atoms with Gasteiger partial charge >= 0.3 is 29.8 Å². The van der Waals surface area contributed by atoms with Crippen LogP contribution in [0.3, 0.4) is 0 Å². The van der Waals surface area contributed by atoms with Gasteiger partial charge in [-0.3, -0.25) is 24.0 Å². The highest BCUT2D eigenvalue weighted by atomic mass is 16.6. The van der Waals surface area contributed by atoms with Gasteiger partial charge in [-0.05, 0) is 123 Å². The van der Waals surface area contributed by atoms with E-state index in [0.29, 0.717) is 19.3 Å². The summed E-state index contributed by atoms with van der Waals surface area (Å²) in [5.41, 5.74) is -1.66. The van der Waals surface area contributed by atoms with Crippen molar-refractivity contribution in [3.8, 4) is 0 Å². The van der Waals surface area contributed by atoms with E-state index in [1.807, 2.05) is 6.92 Å². The lowest BCUT2D eigenvalue weighted by Gasteiger charge is -2.74. The number of carboxylic acid groups (broad SMARTS) is 1. The van der Waals surface area contributed by atoms with Gasteiger partial charge in [-0.25, -0.2) is 0 Å². The number of allylic oxidation sites excluding steroid dienone is 2. The molecule has 2 saturated heterocycles. The van der Waals surface area contributed by atoms with Gasteiger partial charge in [-0.15, -0.1) is 0 Å². The summed E-state index contributed by atoms with van der Waals surface area (Å²) in [6.45, 7) is 13.2. The molecule has 7 aliphatic rings. The summed E-state index contributed by atoms with van der Waals surface area (Å²) in [7, 11) is 0. The lowest BCUT2D eigenvalue weighted by atomic mass is 9.29. The highest BCUT2D eigenvalue weighted by Crippen LogP contribution is 2.79. The Hall–Kier alpha value is -2.51. The molecule has 5 aliphatic carbocycles. The van der Waals surface area contributed by atoms with Crippen LogP contribution in [0.2, 0.25) is 0 Å². The average Bonchev–Trinajstić information content (AvgIpc) is 3.62. The molecule has 2 aliphatic heterocycles. The highest BCUT2D eigenvalue weighted by molar-refractivity contribution is 5.98. The topological polar surface area (TPSA) is 124 Å². The fourth-order valence-corrected chi connectivity index (χ4v) is 14.2. The molecule has 1 N–H and O–H groups in total. The summed E-state index contributed by atoms with van der Waals surface area (Å²) in [5, 5.41) is 10.7. The quantitative estimate of drug-likeness (QED) is 0.0678. The third kappa shape index (κ3) is 6.87. The van der Waals surface area contributed by atoms with Gasteiger partial charge in [-0.2, -0.15) is 0 Å². The minimum absolute atomic E-state index is 0.0147. The number of fused-ring (bicyclic) bond motifs is 2. The monoisotopic (exact) mass is 736 g/mol. The van der Waals surface area contributed by atoms with E-state index >= 15 is 0 Å². The second-order valence-electron chi connectivity index (χ2n) is 19.2. The van der Waals surface area contributed by atoms with Crippen molar-refractivity contribution >= 4 is 29.8 Å². The number of cyclic esters (lactones) is 4. The zero-order valence-electron chi connectivity index (χ0n) is 33.5. The Morgan fingerprint density at radius 3 is 2.26 bits per heavy atom. The van der Waals surface area contributed by atoms with E-state index in [-0.39, 0.29) is 71.1 Å². The number of hydrogen-bond donors (Lipinski definition) is 1. The standard InChI is InChI=1S/C45H68O8/c1-7-9-11-13-15-18-28(30-26-34(46)52-39(30)47)24-29(19-16-14-12-10-8-2)37-35(27(3)4)31-25-33-43(5)21-17-22-44(6,42(50)51)32(43)20-23-45(33,37)38-36(31)40(48)53-41(38)49/h16,19,27-33,35-38H,7-15,17-18,20-26H2,1-6H3,(H,50,51)/b19-16+. The molecule has 1 spiro atoms. The molecule has 8 nitrogen and oxygen atoms in total. The number of ether oxygens (including phenoxy) is 2. The van der Waals surface area contributed by atoms with Crippen LogP contribution >= 0.6 is 0 Å². The van der Waals surface area contributed by atoms with Crippen molar-refractivity contribution in [1.29, 1.82) is 0 Å². The van der Waals surface area contributed by atoms with E-state index in [1.165, 1.54) is 6.42 Å². The summed E-state index contributed by atoms with van der Waals surface area (Å²) >= 11 is 0. The van der Waals surface area contributed by atoms with E-state index < -0.39 is 46.5 Å². The molecule has 13 unspecified atom stereocenters. The number of rotatable bonds is 17. The average molecular weight is 737 g/mol. The fourth-order valence-electron chi connectivity index (χ4n) is 14.2. The molecule has 296 valence electrons. The molecule has 13 atom stereocenters. The first-order chi connectivity index (χ1) is 25.3. The number of aliphatic carboxylic acids is 1. The molecule has 2 bridgehead atoms. The summed E-state index contributed by atoms with van der Waals surface area (Å²) in [6.07, 6.45) is 21.0. The summed E-state index contributed by atoms with van der Waals surface area (Å²) in [6, 6.07) is 0. The third-order valence-corrected chi connectivity index (χ3v) is 16.3. The van der Waals surface area contributed by atoms with E-state index in [1.54, 1.807) is 0 Å². The summed E-state index contributed by atoms with van der Waals surface area (Å²) < 4.78 is 10.8. The Morgan fingerprint density at radius 1 is 0.887 bits per heavy atom. The molecule has 0 aromatic rings. The number of hydrogen-bond acceptors (Lipinski definition) is 7. The molecule has 0 aromatic carbocycles. The van der Waals surface area contributed by atoms with Crippen molar-refractivity contribution in [2.75, 3.05) is 0 Å². The fraction of sp³-hybridized carbons (Fsp3) is 0.844. The maximum absolute atomic E-state index is 14.2. The van der Waals surface area contributed by atoms with E-state index in [0.717, 1.165) is 83.5 Å². The van der Waals surface area contributed by atoms with Crippen LogP contribution in [-0.4, -0.2) is 35.0 Å². The van der Waals surface area contributed by atoms with Crippen molar-refractivity contribution in [2.24, 2.45) is 81.3 Å². The molecular formula is C45H68O8. The van der Waals surface area contributed by atoms with Crippen LogP contribution in [0.4, 0.5) is 0 Å². The molecule has 2 heterocycles. The maximum Gasteiger partial charge on any atom is 0.318 e. The maximum atomic E-state index is 14.2. The molecule has 8 heteroatoms. The van der Waals surface area contributed by atoms with Gasteiger partial charge in [0.25, 0.3) is 0 Å². The summed E-state index contributed by atoms with van der Waals surface area (Å²) in [5.74, 6) is -3.25. The SMILES string of the molecule is CCCCC/C=C/C(CC(CCCCCCC)C1CC(=O)OC1=O)C1C(C(C)C)C2CC3C4(C)CCCC(C)(C(=O)O)C4CCC13C1C(=O)OC(=O)C21. The first-order valence-corrected chi connectivity index (χ1v) is 21.7. The van der Waals surface area contributed by atoms with Crippen molar-refractivity contribution < 1.29 is 38.6 Å². The minimum atomic E-state index is -0.833. The number of unbranched alkanes of at least 4 members (excludes halogenated alkanes) is 7. The molecule has 5 saturated carbocycles. The number of esters is 4. The second kappa shape index (κ2) is 15.9. The smallest absolute Gasteiger partial charge is 0.318 e. The predicted molar refractivity (Wildman–Crippen MR) is 202 cm³/mol. The van der Waals surface area contributed by atoms with Crippen molar-refractivity contribution in [2.45, 2.75) is 157 Å². The Bertz CT molecular complexity index is 1430. The third-order valence-electron chi connectivity index (χ3n) is 16.3. The van der Waals surface area contributed by atoms with Gasteiger partial charge in [0.15, 0.2) is 0 Å². The van der Waals surface area contributed by atoms with E-state index in [2.05, 4.69) is 46.8 Å². The van der Waals surface area contributed by atoms with Crippen molar-refractivity contribution in [1.82, 2.24) is 0 Å². The minimum Gasteiger partial charge on any atom is -0.481 e. The molecule has 7 rings (SSSR count). The lowest BCUT2D eigenvalue weighted by molar-refractivity contribution is -0.268. The van der Waals surface area contributed by atoms with Gasteiger partial charge in [-0.1, -0.05) is 98.1 Å². The summed E-state index contributed by atoms with van der Waals surface area (Å²) in [4.78, 5) is 66.9. The normalized spacial score (nSPS) is 40.2. The largest absolute Gasteiger partial charge is 0.481 e. The van der Waals surface area contributed by atoms with Crippen molar-refractivity contribution in [3.05, 3.63) is 12.2 Å². The van der Waals surface area contributed by atoms with Crippen LogP contribution < -0.4 is 0 Å². The van der Waals surface area contributed by atoms with E-state index in [9.17, 15) is 29.1 Å². The molecule has 7 fully saturated rings. The van der Waals surface area contributed by atoms with Crippen molar-refractivity contribution in [3.63, 3.8) is 0 Å². The first kappa shape index (κ1) is 40.2. The molecule has 0 radical (unpaired) electrons. The number of carbonyl (C=O) groups excluding carboxylic acids is 4. The van der Waals surface area contributed by atoms with Gasteiger partial charge in [0.2, 0.25) is 0 Å². The van der Waals surface area contributed by atoms with Gasteiger partial charge < -0.3 is 14.6 Å². The zero-order chi connectivity index (χ0) is 38.3. The van der Waals surface area contributed by atoms with Crippen LogP contribution in [-0.2, 0) is 33.4 Å². The van der Waals surface area contributed by atoms with Gasteiger partial charge in [0.1, 0.15) is 0 Å². The Kier molecular flexibility index (Phi) is 12.1. The van der Waals surface area contributed by atoms with Crippen LogP contribution in [0.15, 0.2) is 12.2 Å². The number of carbonyl (C=O) groups is 5. The van der Waals surface area contributed by atoms with Crippen LogP contribution in [0, 0.1) is 81.3 Å². The highest BCUT2D eigenvalue weighted by Gasteiger charge is 2.78. The molecule has 0 amide bonds. The molecular weight excluding hydrogens is 668 g/mol. The van der Waals surface area contributed by atoms with Gasteiger partial charge in [0.05, 0.1) is 29.6 Å². The van der Waals surface area contributed by atoms with Crippen LogP contribution in [0.25, 0.3) is 0 Å². The Balaban J connectivity index is 1.48. The van der Waals surface area contributed by atoms with Gasteiger partial charge in [0, 0.05) is 0 Å². The van der Waals surface area contributed by atoms with Crippen LogP contribution in [0.1, 0.15) is 157 Å². The Morgan fingerprint density at radius 2 is 1.60 bits per heavy atom.